The Labute approximate surface area is 159 Å². The molecule has 1 aromatic heterocycles. The van der Waals surface area contributed by atoms with Crippen molar-refractivity contribution in [2.45, 2.75) is 52.3 Å². The van der Waals surface area contributed by atoms with E-state index in [1.807, 2.05) is 56.8 Å². The molecule has 0 saturated carbocycles. The van der Waals surface area contributed by atoms with Gasteiger partial charge in [0.25, 0.3) is 0 Å². The monoisotopic (exact) mass is 370 g/mol. The number of nitrogens with one attached hydrogen (secondary N) is 1. The Morgan fingerprint density at radius 2 is 2.07 bits per heavy atom. The predicted molar refractivity (Wildman–Crippen MR) is 103 cm³/mol. The predicted octanol–water partition coefficient (Wildman–Crippen LogP) is 3.41. The fraction of sp³-hybridized carbons (Fsp3) is 0.450. The van der Waals surface area contributed by atoms with Crippen molar-refractivity contribution in [2.24, 2.45) is 7.05 Å². The van der Waals surface area contributed by atoms with Crippen LogP contribution in [0.2, 0.25) is 0 Å². The Kier molecular flexibility index (Phi) is 5.21. The van der Waals surface area contributed by atoms with Crippen LogP contribution in [0, 0.1) is 0 Å². The van der Waals surface area contributed by atoms with Gasteiger partial charge in [-0.1, -0.05) is 6.07 Å². The smallest absolute Gasteiger partial charge is 0.407 e. The highest BCUT2D eigenvalue weighted by Gasteiger charge is 2.33. The number of rotatable bonds is 3. The summed E-state index contributed by atoms with van der Waals surface area (Å²) in [4.78, 5) is 30.6. The number of imidazole rings is 1. The number of hydrogen-bond acceptors (Lipinski definition) is 4. The Bertz CT molecular complexity index is 859. The molecule has 2 amide bonds. The maximum Gasteiger partial charge on any atom is 0.407 e. The van der Waals surface area contributed by atoms with Crippen LogP contribution in [0.5, 0.6) is 0 Å². The standard InChI is InChI=1S/C20H26N4O3/c1-12(2)27-20(26)22-17-8-13(3)24(14(4)25)19-7-6-15(9-16(17)19)18-10-23(5)11-21-18/h6-7,9-13,17H,8H2,1-5H3,(H,22,26)/t13?,17-/m1/s1. The van der Waals surface area contributed by atoms with Gasteiger partial charge < -0.3 is 19.5 Å². The quantitative estimate of drug-likeness (QED) is 0.898. The number of alkyl carbamates (subject to hydrolysis) is 1. The first kappa shape index (κ1) is 18.9. The number of anilines is 1. The normalized spacial score (nSPS) is 19.0. The first-order chi connectivity index (χ1) is 12.8. The average Bonchev–Trinajstić information content (AvgIpc) is 2.99. The third kappa shape index (κ3) is 3.97. The molecule has 0 radical (unpaired) electrons. The van der Waals surface area contributed by atoms with Crippen molar-refractivity contribution in [3.8, 4) is 11.3 Å². The summed E-state index contributed by atoms with van der Waals surface area (Å²) in [5.41, 5.74) is 3.50. The van der Waals surface area contributed by atoms with Crippen LogP contribution >= 0.6 is 0 Å². The molecule has 2 heterocycles. The van der Waals surface area contributed by atoms with Gasteiger partial charge in [0.15, 0.2) is 0 Å². The van der Waals surface area contributed by atoms with Crippen LogP contribution in [-0.4, -0.2) is 33.7 Å². The van der Waals surface area contributed by atoms with Gasteiger partial charge in [-0.05, 0) is 44.9 Å². The maximum atomic E-state index is 12.2. The number of fused-ring (bicyclic) bond motifs is 1. The minimum atomic E-state index is -0.451. The van der Waals surface area contributed by atoms with Gasteiger partial charge in [0.05, 0.1) is 24.2 Å². The molecule has 7 nitrogen and oxygen atoms in total. The van der Waals surface area contributed by atoms with Crippen molar-refractivity contribution >= 4 is 17.7 Å². The number of carbonyl (C=O) groups excluding carboxylic acids is 2. The highest BCUT2D eigenvalue weighted by atomic mass is 16.6. The number of hydrogen-bond donors (Lipinski definition) is 1. The average molecular weight is 370 g/mol. The number of aromatic nitrogens is 2. The van der Waals surface area contributed by atoms with E-state index in [1.165, 1.54) is 0 Å². The molecule has 0 spiro atoms. The molecule has 0 saturated heterocycles. The lowest BCUT2D eigenvalue weighted by Gasteiger charge is -2.39. The van der Waals surface area contributed by atoms with E-state index in [-0.39, 0.29) is 24.1 Å². The summed E-state index contributed by atoms with van der Waals surface area (Å²) in [6, 6.07) is 5.62. The minimum absolute atomic E-state index is 0.0162. The molecule has 1 aromatic carbocycles. The molecular formula is C20H26N4O3. The molecule has 1 N–H and O–H groups in total. The van der Waals surface area contributed by atoms with Crippen molar-refractivity contribution in [1.29, 1.82) is 0 Å². The maximum absolute atomic E-state index is 12.2. The highest BCUT2D eigenvalue weighted by molar-refractivity contribution is 5.94. The molecule has 0 bridgehead atoms. The molecular weight excluding hydrogens is 344 g/mol. The van der Waals surface area contributed by atoms with Crippen LogP contribution in [0.3, 0.4) is 0 Å². The Hall–Kier alpha value is -2.83. The van der Waals surface area contributed by atoms with Crippen LogP contribution in [0.15, 0.2) is 30.7 Å². The van der Waals surface area contributed by atoms with Gasteiger partial charge >= 0.3 is 6.09 Å². The van der Waals surface area contributed by atoms with Crippen LogP contribution in [0.1, 0.15) is 45.7 Å². The summed E-state index contributed by atoms with van der Waals surface area (Å²) in [6.07, 6.45) is 3.65. The molecule has 1 aliphatic rings. The first-order valence-corrected chi connectivity index (χ1v) is 9.15. The van der Waals surface area contributed by atoms with Crippen molar-refractivity contribution in [1.82, 2.24) is 14.9 Å². The highest BCUT2D eigenvalue weighted by Crippen LogP contribution is 2.39. The topological polar surface area (TPSA) is 76.5 Å². The molecule has 144 valence electrons. The molecule has 7 heteroatoms. The first-order valence-electron chi connectivity index (χ1n) is 9.15. The molecule has 27 heavy (non-hydrogen) atoms. The minimum Gasteiger partial charge on any atom is -0.447 e. The van der Waals surface area contributed by atoms with Crippen molar-refractivity contribution in [3.63, 3.8) is 0 Å². The summed E-state index contributed by atoms with van der Waals surface area (Å²) in [7, 11) is 1.92. The Morgan fingerprint density at radius 3 is 2.67 bits per heavy atom. The molecule has 1 unspecified atom stereocenters. The van der Waals surface area contributed by atoms with Gasteiger partial charge in [-0.25, -0.2) is 9.78 Å². The summed E-state index contributed by atoms with van der Waals surface area (Å²) in [5.74, 6) is -0.0162. The van der Waals surface area contributed by atoms with E-state index in [4.69, 9.17) is 4.74 Å². The summed E-state index contributed by atoms with van der Waals surface area (Å²) in [6.45, 7) is 7.18. The van der Waals surface area contributed by atoms with Gasteiger partial charge in [-0.15, -0.1) is 0 Å². The largest absolute Gasteiger partial charge is 0.447 e. The van der Waals surface area contributed by atoms with E-state index in [0.29, 0.717) is 6.42 Å². The van der Waals surface area contributed by atoms with Gasteiger partial charge in [0, 0.05) is 37.5 Å². The third-order valence-electron chi connectivity index (χ3n) is 4.65. The van der Waals surface area contributed by atoms with Gasteiger partial charge in [-0.2, -0.15) is 0 Å². The van der Waals surface area contributed by atoms with Gasteiger partial charge in [0.2, 0.25) is 5.91 Å². The fourth-order valence-corrected chi connectivity index (χ4v) is 3.59. The number of benzene rings is 1. The lowest BCUT2D eigenvalue weighted by Crippen LogP contribution is -2.45. The SMILES string of the molecule is CC(=O)N1c2ccc(-c3cn(C)cn3)cc2[C@H](NC(=O)OC(C)C)CC1C. The zero-order valence-electron chi connectivity index (χ0n) is 16.4. The molecule has 0 fully saturated rings. The zero-order chi connectivity index (χ0) is 19.7. The molecule has 2 atom stereocenters. The number of ether oxygens (including phenoxy) is 1. The molecule has 1 aliphatic heterocycles. The van der Waals surface area contributed by atoms with Crippen LogP contribution in [-0.2, 0) is 16.6 Å². The van der Waals surface area contributed by atoms with Crippen LogP contribution in [0.4, 0.5) is 10.5 Å². The Balaban J connectivity index is 2.01. The molecule has 0 aliphatic carbocycles. The van der Waals surface area contributed by atoms with E-state index in [2.05, 4.69) is 10.3 Å². The van der Waals surface area contributed by atoms with E-state index < -0.39 is 6.09 Å². The lowest BCUT2D eigenvalue weighted by atomic mass is 9.90. The van der Waals surface area contributed by atoms with Crippen LogP contribution < -0.4 is 10.2 Å². The second-order valence-corrected chi connectivity index (χ2v) is 7.32. The molecule has 2 aromatic rings. The number of carbonyl (C=O) groups is 2. The van der Waals surface area contributed by atoms with E-state index in [9.17, 15) is 9.59 Å². The van der Waals surface area contributed by atoms with Gasteiger partial charge in [-0.3, -0.25) is 4.79 Å². The third-order valence-corrected chi connectivity index (χ3v) is 4.65. The second-order valence-electron chi connectivity index (χ2n) is 7.32. The Morgan fingerprint density at radius 1 is 1.33 bits per heavy atom. The van der Waals surface area contributed by atoms with E-state index >= 15 is 0 Å². The fourth-order valence-electron chi connectivity index (χ4n) is 3.59. The van der Waals surface area contributed by atoms with Crippen molar-refractivity contribution in [2.75, 3.05) is 4.90 Å². The van der Waals surface area contributed by atoms with Gasteiger partial charge in [0.1, 0.15) is 0 Å². The summed E-state index contributed by atoms with van der Waals surface area (Å²) in [5, 5.41) is 2.96. The zero-order valence-corrected chi connectivity index (χ0v) is 16.4. The van der Waals surface area contributed by atoms with Crippen molar-refractivity contribution < 1.29 is 14.3 Å². The van der Waals surface area contributed by atoms with E-state index in [0.717, 1.165) is 22.5 Å². The van der Waals surface area contributed by atoms with E-state index in [1.54, 1.807) is 18.2 Å². The number of nitrogens with zero attached hydrogens (tertiary/aromatic N) is 3. The lowest BCUT2D eigenvalue weighted by molar-refractivity contribution is -0.117. The summed E-state index contributed by atoms with van der Waals surface area (Å²) < 4.78 is 7.13. The molecule has 3 rings (SSSR count). The number of aryl methyl sites for hydroxylation is 1. The summed E-state index contributed by atoms with van der Waals surface area (Å²) >= 11 is 0. The van der Waals surface area contributed by atoms with Crippen molar-refractivity contribution in [3.05, 3.63) is 36.3 Å². The number of amides is 2. The van der Waals surface area contributed by atoms with Crippen LogP contribution in [0.25, 0.3) is 11.3 Å². The second kappa shape index (κ2) is 7.42.